The average molecular weight is 429 g/mol. The van der Waals surface area contributed by atoms with Crippen molar-refractivity contribution in [3.63, 3.8) is 0 Å². The van der Waals surface area contributed by atoms with E-state index in [9.17, 15) is 13.2 Å². The Hall–Kier alpha value is -1.85. The van der Waals surface area contributed by atoms with Crippen LogP contribution in [-0.2, 0) is 6.18 Å². The lowest BCUT2D eigenvalue weighted by Gasteiger charge is -2.43. The number of likely N-dealkylation sites (tertiary alicyclic amines) is 1. The second-order valence-electron chi connectivity index (χ2n) is 9.82. The molecule has 0 aromatic heterocycles. The first-order chi connectivity index (χ1) is 14.8. The number of hydrogen-bond donors (Lipinski definition) is 0. The van der Waals surface area contributed by atoms with Crippen molar-refractivity contribution in [3.05, 3.63) is 59.2 Å². The van der Waals surface area contributed by atoms with Gasteiger partial charge >= 0.3 is 6.18 Å². The number of alkyl halides is 3. The molecule has 1 aliphatic heterocycles. The van der Waals surface area contributed by atoms with Gasteiger partial charge in [0.2, 0.25) is 0 Å². The fraction of sp³-hybridized carbons (Fsp3) is 0.538. The summed E-state index contributed by atoms with van der Waals surface area (Å²) in [5.41, 5.74) is 3.74. The molecule has 2 aliphatic carbocycles. The summed E-state index contributed by atoms with van der Waals surface area (Å²) in [5.74, 6) is 0.602. The smallest absolute Gasteiger partial charge is 0.306 e. The molecule has 3 aliphatic rings. The van der Waals surface area contributed by atoms with Crippen LogP contribution < -0.4 is 0 Å². The van der Waals surface area contributed by atoms with Crippen molar-refractivity contribution in [3.8, 4) is 11.1 Å². The Balaban J connectivity index is 1.42. The van der Waals surface area contributed by atoms with Crippen LogP contribution >= 0.6 is 0 Å². The van der Waals surface area contributed by atoms with E-state index in [1.54, 1.807) is 6.07 Å². The molecule has 0 N–H and O–H groups in total. The van der Waals surface area contributed by atoms with Crippen LogP contribution in [0.25, 0.3) is 11.1 Å². The lowest BCUT2D eigenvalue weighted by atomic mass is 9.86. The Morgan fingerprint density at radius 2 is 1.61 bits per heavy atom. The Morgan fingerprint density at radius 1 is 0.871 bits per heavy atom. The normalized spacial score (nSPS) is 28.7. The van der Waals surface area contributed by atoms with Gasteiger partial charge in [0.05, 0.1) is 5.56 Å². The van der Waals surface area contributed by atoms with Gasteiger partial charge in [-0.2, -0.15) is 13.2 Å². The quantitative estimate of drug-likeness (QED) is 0.552. The van der Waals surface area contributed by atoms with E-state index in [1.165, 1.54) is 55.4 Å². The minimum absolute atomic E-state index is 0.417. The Kier molecular flexibility index (Phi) is 5.38. The number of fused-ring (bicyclic) bond motifs is 5. The van der Waals surface area contributed by atoms with Crippen molar-refractivity contribution in [1.82, 2.24) is 9.80 Å². The molecule has 0 radical (unpaired) electrons. The minimum atomic E-state index is -4.31. The van der Waals surface area contributed by atoms with Crippen molar-refractivity contribution in [2.24, 2.45) is 0 Å². The first-order valence-corrected chi connectivity index (χ1v) is 11.5. The van der Waals surface area contributed by atoms with Gasteiger partial charge in [0, 0.05) is 18.1 Å². The molecule has 2 aromatic rings. The molecule has 31 heavy (non-hydrogen) atoms. The fourth-order valence-corrected chi connectivity index (χ4v) is 6.20. The largest absolute Gasteiger partial charge is 0.416 e. The molecular weight excluding hydrogens is 397 g/mol. The maximum atomic E-state index is 13.2. The monoisotopic (exact) mass is 428 g/mol. The second kappa shape index (κ2) is 7.93. The van der Waals surface area contributed by atoms with Gasteiger partial charge < -0.3 is 4.90 Å². The second-order valence-corrected chi connectivity index (χ2v) is 9.82. The number of nitrogens with zero attached hydrogens (tertiary/aromatic N) is 2. The van der Waals surface area contributed by atoms with Crippen LogP contribution in [0, 0.1) is 0 Å². The molecule has 2 fully saturated rings. The summed E-state index contributed by atoms with van der Waals surface area (Å²) in [6.07, 6.45) is 3.03. The average Bonchev–Trinajstić information content (AvgIpc) is 3.05. The van der Waals surface area contributed by atoms with Gasteiger partial charge in [0.1, 0.15) is 0 Å². The highest BCUT2D eigenvalue weighted by Gasteiger charge is 2.42. The van der Waals surface area contributed by atoms with E-state index in [2.05, 4.69) is 36.0 Å². The molecule has 0 amide bonds. The number of hydrogen-bond acceptors (Lipinski definition) is 2. The van der Waals surface area contributed by atoms with Crippen molar-refractivity contribution in [1.29, 1.82) is 0 Å². The molecule has 1 saturated heterocycles. The number of rotatable bonds is 3. The van der Waals surface area contributed by atoms with E-state index >= 15 is 0 Å². The zero-order chi connectivity index (χ0) is 21.8. The summed E-state index contributed by atoms with van der Waals surface area (Å²) in [4.78, 5) is 5.08. The maximum absolute atomic E-state index is 13.2. The predicted molar refractivity (Wildman–Crippen MR) is 118 cm³/mol. The maximum Gasteiger partial charge on any atom is 0.416 e. The van der Waals surface area contributed by atoms with Crippen LogP contribution in [0.3, 0.4) is 0 Å². The van der Waals surface area contributed by atoms with E-state index in [-0.39, 0.29) is 0 Å². The van der Waals surface area contributed by atoms with Crippen LogP contribution in [0.15, 0.2) is 42.5 Å². The van der Waals surface area contributed by atoms with Gasteiger partial charge in [-0.25, -0.2) is 0 Å². The molecule has 1 saturated carbocycles. The highest BCUT2D eigenvalue weighted by Crippen LogP contribution is 2.51. The first-order valence-electron chi connectivity index (χ1n) is 11.5. The summed E-state index contributed by atoms with van der Waals surface area (Å²) >= 11 is 0. The van der Waals surface area contributed by atoms with Crippen LogP contribution in [0.4, 0.5) is 13.2 Å². The van der Waals surface area contributed by atoms with Gasteiger partial charge in [-0.15, -0.1) is 0 Å². The Labute approximate surface area is 183 Å². The topological polar surface area (TPSA) is 6.48 Å². The number of halogens is 3. The summed E-state index contributed by atoms with van der Waals surface area (Å²) in [7, 11) is 4.36. The molecule has 166 valence electrons. The van der Waals surface area contributed by atoms with Gasteiger partial charge in [0.25, 0.3) is 0 Å². The highest BCUT2D eigenvalue weighted by atomic mass is 19.4. The van der Waals surface area contributed by atoms with Crippen molar-refractivity contribution >= 4 is 0 Å². The Morgan fingerprint density at radius 3 is 2.32 bits per heavy atom. The first kappa shape index (κ1) is 21.0. The van der Waals surface area contributed by atoms with Crippen LogP contribution in [0.2, 0.25) is 0 Å². The fourth-order valence-electron chi connectivity index (χ4n) is 6.20. The van der Waals surface area contributed by atoms with Crippen molar-refractivity contribution in [2.45, 2.75) is 68.7 Å². The predicted octanol–water partition coefficient (Wildman–Crippen LogP) is 6.48. The molecule has 1 heterocycles. The molecule has 2 atom stereocenters. The van der Waals surface area contributed by atoms with Gasteiger partial charge in [-0.05, 0) is 106 Å². The molecule has 5 heteroatoms. The minimum Gasteiger partial charge on any atom is -0.306 e. The molecule has 0 spiro atoms. The molecule has 5 rings (SSSR count). The van der Waals surface area contributed by atoms with Crippen molar-refractivity contribution in [2.75, 3.05) is 20.6 Å². The molecule has 2 bridgehead atoms. The molecule has 2 unspecified atom stereocenters. The van der Waals surface area contributed by atoms with Gasteiger partial charge in [-0.1, -0.05) is 24.3 Å². The molecule has 2 nitrogen and oxygen atoms in total. The van der Waals surface area contributed by atoms with E-state index in [1.807, 2.05) is 6.07 Å². The molecular formula is C26H31F3N2. The summed E-state index contributed by atoms with van der Waals surface area (Å²) in [5, 5.41) is 0. The third-order valence-electron chi connectivity index (χ3n) is 7.92. The summed E-state index contributed by atoms with van der Waals surface area (Å²) in [6.45, 7) is 1.14. The van der Waals surface area contributed by atoms with E-state index in [4.69, 9.17) is 0 Å². The lowest BCUT2D eigenvalue weighted by Crippen LogP contribution is -2.45. The highest BCUT2D eigenvalue weighted by molar-refractivity contribution is 5.67. The van der Waals surface area contributed by atoms with E-state index < -0.39 is 11.7 Å². The van der Waals surface area contributed by atoms with Crippen LogP contribution in [0.1, 0.15) is 67.2 Å². The van der Waals surface area contributed by atoms with Crippen LogP contribution in [-0.4, -0.2) is 42.5 Å². The standard InChI is InChI=1S/C26H31F3N2/c1-30(2)21-7-9-22(10-8-21)31-13-12-19-16-25(31)24-15-18(6-11-23(19)24)17-4-3-5-20(14-17)26(27,28)29/h3-6,11,14-15,19,21-22,25H,7-10,12-13,16H2,1-2H3. The molecule has 2 aromatic carbocycles. The third kappa shape index (κ3) is 3.91. The van der Waals surface area contributed by atoms with Gasteiger partial charge in [0.15, 0.2) is 0 Å². The van der Waals surface area contributed by atoms with E-state index in [0.29, 0.717) is 29.6 Å². The van der Waals surface area contributed by atoms with E-state index in [0.717, 1.165) is 24.6 Å². The SMILES string of the molecule is CN(C)C1CCC(N2CCC3CC2c2cc(-c4cccc(C(F)(F)F)c4)ccc23)CC1. The Bertz CT molecular complexity index is 944. The third-order valence-corrected chi connectivity index (χ3v) is 7.92. The summed E-state index contributed by atoms with van der Waals surface area (Å²) < 4.78 is 39.6. The summed E-state index contributed by atoms with van der Waals surface area (Å²) in [6, 6.07) is 13.8. The number of benzene rings is 2. The lowest BCUT2D eigenvalue weighted by molar-refractivity contribution is -0.137. The van der Waals surface area contributed by atoms with Gasteiger partial charge in [-0.3, -0.25) is 4.90 Å². The van der Waals surface area contributed by atoms with Crippen LogP contribution in [0.5, 0.6) is 0 Å². The van der Waals surface area contributed by atoms with Crippen molar-refractivity contribution < 1.29 is 13.2 Å². The number of piperidine rings is 1. The zero-order valence-corrected chi connectivity index (χ0v) is 18.3. The zero-order valence-electron chi connectivity index (χ0n) is 18.3.